The standard InChI is InChI=1S/C16H24N2O/c1-2-12-4-3-5-14(16(12)19)15(13-6-7-13)18-10-8-17-9-11-18/h3-5,13,15,17,19H,2,6-11H2,1H3/t15-/m1/s1. The first-order valence-corrected chi connectivity index (χ1v) is 7.56. The molecule has 19 heavy (non-hydrogen) atoms. The van der Waals surface area contributed by atoms with E-state index >= 15 is 0 Å². The summed E-state index contributed by atoms with van der Waals surface area (Å²) in [5.41, 5.74) is 2.24. The summed E-state index contributed by atoms with van der Waals surface area (Å²) in [5.74, 6) is 1.29. The van der Waals surface area contributed by atoms with Gasteiger partial charge in [-0.2, -0.15) is 0 Å². The average molecular weight is 260 g/mol. The van der Waals surface area contributed by atoms with E-state index in [4.69, 9.17) is 0 Å². The van der Waals surface area contributed by atoms with Crippen LogP contribution in [0.3, 0.4) is 0 Å². The maximum absolute atomic E-state index is 10.5. The Bertz CT molecular complexity index is 436. The molecule has 1 saturated carbocycles. The number of aromatic hydroxyl groups is 1. The van der Waals surface area contributed by atoms with Crippen LogP contribution in [0, 0.1) is 5.92 Å². The molecule has 1 aromatic carbocycles. The lowest BCUT2D eigenvalue weighted by atomic mass is 9.95. The third-order valence-electron chi connectivity index (χ3n) is 4.46. The van der Waals surface area contributed by atoms with E-state index in [1.165, 1.54) is 12.8 Å². The van der Waals surface area contributed by atoms with Gasteiger partial charge in [-0.05, 0) is 30.7 Å². The van der Waals surface area contributed by atoms with Gasteiger partial charge in [0, 0.05) is 37.8 Å². The van der Waals surface area contributed by atoms with Gasteiger partial charge in [0.15, 0.2) is 0 Å². The van der Waals surface area contributed by atoms with Gasteiger partial charge in [0.1, 0.15) is 5.75 Å². The molecule has 2 N–H and O–H groups in total. The lowest BCUT2D eigenvalue weighted by Gasteiger charge is -2.36. The summed E-state index contributed by atoms with van der Waals surface area (Å²) in [7, 11) is 0. The van der Waals surface area contributed by atoms with E-state index in [9.17, 15) is 5.11 Å². The smallest absolute Gasteiger partial charge is 0.123 e. The van der Waals surface area contributed by atoms with Crippen LogP contribution >= 0.6 is 0 Å². The average Bonchev–Trinajstić information content (AvgIpc) is 3.27. The van der Waals surface area contributed by atoms with Gasteiger partial charge in [-0.15, -0.1) is 0 Å². The van der Waals surface area contributed by atoms with Gasteiger partial charge in [-0.25, -0.2) is 0 Å². The predicted octanol–water partition coefficient (Wildman–Crippen LogP) is 2.31. The highest BCUT2D eigenvalue weighted by molar-refractivity contribution is 5.43. The number of hydrogen-bond acceptors (Lipinski definition) is 3. The molecule has 1 aliphatic heterocycles. The number of aryl methyl sites for hydroxylation is 1. The molecule has 0 aromatic heterocycles. The van der Waals surface area contributed by atoms with Crippen LogP contribution in [0.5, 0.6) is 5.75 Å². The molecule has 0 spiro atoms. The zero-order valence-electron chi connectivity index (χ0n) is 11.7. The SMILES string of the molecule is CCc1cccc([C@@H](C2CC2)N2CCNCC2)c1O. The number of hydrogen-bond donors (Lipinski definition) is 2. The highest BCUT2D eigenvalue weighted by atomic mass is 16.3. The van der Waals surface area contributed by atoms with Gasteiger partial charge in [-0.1, -0.05) is 25.1 Å². The topological polar surface area (TPSA) is 35.5 Å². The molecule has 1 aromatic rings. The largest absolute Gasteiger partial charge is 0.507 e. The minimum absolute atomic E-state index is 0.425. The molecule has 3 rings (SSSR count). The van der Waals surface area contributed by atoms with E-state index in [1.807, 2.05) is 6.07 Å². The first-order valence-electron chi connectivity index (χ1n) is 7.56. The summed E-state index contributed by atoms with van der Waals surface area (Å²) in [6.07, 6.45) is 3.52. The van der Waals surface area contributed by atoms with Crippen molar-refractivity contribution in [3.05, 3.63) is 29.3 Å². The number of rotatable bonds is 4. The van der Waals surface area contributed by atoms with E-state index < -0.39 is 0 Å². The molecule has 1 saturated heterocycles. The van der Waals surface area contributed by atoms with E-state index in [0.717, 1.165) is 49.6 Å². The van der Waals surface area contributed by atoms with Crippen molar-refractivity contribution < 1.29 is 5.11 Å². The third-order valence-corrected chi connectivity index (χ3v) is 4.46. The molecule has 0 amide bonds. The molecule has 2 aliphatic rings. The summed E-state index contributed by atoms with van der Waals surface area (Å²) in [6, 6.07) is 6.69. The second kappa shape index (κ2) is 5.51. The normalized spacial score (nSPS) is 22.4. The quantitative estimate of drug-likeness (QED) is 0.872. The van der Waals surface area contributed by atoms with E-state index in [0.29, 0.717) is 11.8 Å². The van der Waals surface area contributed by atoms with Crippen molar-refractivity contribution in [1.82, 2.24) is 10.2 Å². The van der Waals surface area contributed by atoms with Crippen LogP contribution < -0.4 is 5.32 Å². The Balaban J connectivity index is 1.91. The minimum atomic E-state index is 0.425. The van der Waals surface area contributed by atoms with Gasteiger partial charge in [0.05, 0.1) is 0 Å². The summed E-state index contributed by atoms with van der Waals surface area (Å²) >= 11 is 0. The molecule has 2 fully saturated rings. The Hall–Kier alpha value is -1.06. The maximum Gasteiger partial charge on any atom is 0.123 e. The fourth-order valence-corrected chi connectivity index (χ4v) is 3.26. The molecule has 1 heterocycles. The Morgan fingerprint density at radius 1 is 1.32 bits per heavy atom. The number of phenolic OH excluding ortho intramolecular Hbond substituents is 1. The lowest BCUT2D eigenvalue weighted by molar-refractivity contribution is 0.153. The zero-order valence-corrected chi connectivity index (χ0v) is 11.7. The summed E-state index contributed by atoms with van der Waals surface area (Å²) in [4.78, 5) is 2.56. The van der Waals surface area contributed by atoms with Crippen molar-refractivity contribution in [1.29, 1.82) is 0 Å². The number of benzene rings is 1. The molecule has 3 nitrogen and oxygen atoms in total. The van der Waals surface area contributed by atoms with Crippen LogP contribution in [0.1, 0.15) is 36.9 Å². The van der Waals surface area contributed by atoms with Crippen LogP contribution in [0.2, 0.25) is 0 Å². The molecule has 0 radical (unpaired) electrons. The second-order valence-corrected chi connectivity index (χ2v) is 5.78. The molecule has 0 unspecified atom stereocenters. The van der Waals surface area contributed by atoms with Crippen molar-refractivity contribution >= 4 is 0 Å². The van der Waals surface area contributed by atoms with Crippen molar-refractivity contribution in [2.45, 2.75) is 32.2 Å². The number of nitrogens with zero attached hydrogens (tertiary/aromatic N) is 1. The molecule has 3 heteroatoms. The Kier molecular flexibility index (Phi) is 3.76. The van der Waals surface area contributed by atoms with Gasteiger partial charge in [-0.3, -0.25) is 4.90 Å². The van der Waals surface area contributed by atoms with Gasteiger partial charge >= 0.3 is 0 Å². The second-order valence-electron chi connectivity index (χ2n) is 5.78. The lowest BCUT2D eigenvalue weighted by Crippen LogP contribution is -2.45. The molecule has 104 valence electrons. The van der Waals surface area contributed by atoms with Crippen LogP contribution in [0.25, 0.3) is 0 Å². The number of nitrogens with one attached hydrogen (secondary N) is 1. The van der Waals surface area contributed by atoms with E-state index in [1.54, 1.807) is 0 Å². The van der Waals surface area contributed by atoms with Crippen LogP contribution in [0.4, 0.5) is 0 Å². The predicted molar refractivity (Wildman–Crippen MR) is 77.4 cm³/mol. The number of phenols is 1. The highest BCUT2D eigenvalue weighted by Gasteiger charge is 2.38. The van der Waals surface area contributed by atoms with Crippen LogP contribution in [-0.4, -0.2) is 36.2 Å². The molecular formula is C16H24N2O. The number of piperazine rings is 1. The number of para-hydroxylation sites is 1. The first kappa shape index (κ1) is 12.9. The van der Waals surface area contributed by atoms with Gasteiger partial charge < -0.3 is 10.4 Å². The van der Waals surface area contributed by atoms with Crippen molar-refractivity contribution in [2.75, 3.05) is 26.2 Å². The summed E-state index contributed by atoms with van der Waals surface area (Å²) in [6.45, 7) is 6.43. The fourth-order valence-electron chi connectivity index (χ4n) is 3.26. The van der Waals surface area contributed by atoms with Crippen molar-refractivity contribution in [2.24, 2.45) is 5.92 Å². The maximum atomic E-state index is 10.5. The monoisotopic (exact) mass is 260 g/mol. The Morgan fingerprint density at radius 2 is 2.05 bits per heavy atom. The molecular weight excluding hydrogens is 236 g/mol. The van der Waals surface area contributed by atoms with Gasteiger partial charge in [0.2, 0.25) is 0 Å². The van der Waals surface area contributed by atoms with Gasteiger partial charge in [0.25, 0.3) is 0 Å². The Morgan fingerprint density at radius 3 is 2.68 bits per heavy atom. The fraction of sp³-hybridized carbons (Fsp3) is 0.625. The van der Waals surface area contributed by atoms with Crippen molar-refractivity contribution in [3.63, 3.8) is 0 Å². The van der Waals surface area contributed by atoms with E-state index in [-0.39, 0.29) is 0 Å². The molecule has 1 atom stereocenters. The first-order chi connectivity index (χ1) is 9.31. The summed E-state index contributed by atoms with van der Waals surface area (Å²) in [5, 5.41) is 13.9. The minimum Gasteiger partial charge on any atom is -0.507 e. The Labute approximate surface area is 115 Å². The van der Waals surface area contributed by atoms with Crippen molar-refractivity contribution in [3.8, 4) is 5.75 Å². The van der Waals surface area contributed by atoms with Crippen LogP contribution in [-0.2, 0) is 6.42 Å². The molecule has 1 aliphatic carbocycles. The van der Waals surface area contributed by atoms with E-state index in [2.05, 4.69) is 29.3 Å². The third kappa shape index (κ3) is 2.63. The van der Waals surface area contributed by atoms with Crippen LogP contribution in [0.15, 0.2) is 18.2 Å². The highest BCUT2D eigenvalue weighted by Crippen LogP contribution is 2.47. The summed E-state index contributed by atoms with van der Waals surface area (Å²) < 4.78 is 0. The zero-order chi connectivity index (χ0) is 13.2. The molecule has 0 bridgehead atoms.